The van der Waals surface area contributed by atoms with E-state index in [9.17, 15) is 22.8 Å². The molecule has 0 aromatic heterocycles. The second-order valence-corrected chi connectivity index (χ2v) is 4.43. The van der Waals surface area contributed by atoms with Crippen LogP contribution in [0.5, 0.6) is 0 Å². The summed E-state index contributed by atoms with van der Waals surface area (Å²) in [6, 6.07) is 3.75. The van der Waals surface area contributed by atoms with Crippen LogP contribution < -0.4 is 11.1 Å². The molecule has 0 saturated heterocycles. The molecule has 0 spiro atoms. The molecular weight excluding hydrogens is 289 g/mol. The van der Waals surface area contributed by atoms with Crippen molar-refractivity contribution in [1.82, 2.24) is 5.32 Å². The number of hydrogen-bond acceptors (Lipinski definition) is 3. The van der Waals surface area contributed by atoms with Crippen LogP contribution >= 0.6 is 0 Å². The number of rotatable bonds is 7. The number of carboxylic acids is 1. The van der Waals surface area contributed by atoms with Crippen molar-refractivity contribution in [2.75, 3.05) is 0 Å². The van der Waals surface area contributed by atoms with Crippen LogP contribution in [0.2, 0.25) is 0 Å². The average Bonchev–Trinajstić information content (AvgIpc) is 2.37. The first kappa shape index (κ1) is 17.0. The molecule has 1 aromatic rings. The van der Waals surface area contributed by atoms with Gasteiger partial charge in [-0.15, -0.1) is 0 Å². The molecule has 0 heterocycles. The smallest absolute Gasteiger partial charge is 0.416 e. The van der Waals surface area contributed by atoms with Crippen molar-refractivity contribution in [2.45, 2.75) is 31.6 Å². The van der Waals surface area contributed by atoms with E-state index in [2.05, 4.69) is 5.32 Å². The number of carboxylic acid groups (broad SMARTS) is 1. The van der Waals surface area contributed by atoms with Crippen molar-refractivity contribution in [3.05, 3.63) is 35.4 Å². The summed E-state index contributed by atoms with van der Waals surface area (Å²) in [6.07, 6.45) is -4.76. The summed E-state index contributed by atoms with van der Waals surface area (Å²) in [5.41, 5.74) is 4.04. The lowest BCUT2D eigenvalue weighted by molar-refractivity contribution is -0.139. The SMILES string of the molecule is NC(=O)CC[C@H](NCc1ccccc1C(F)(F)F)C(=O)O. The molecular formula is C13H15F3N2O3. The van der Waals surface area contributed by atoms with Gasteiger partial charge in [0.25, 0.3) is 0 Å². The molecule has 0 fully saturated rings. The van der Waals surface area contributed by atoms with Crippen molar-refractivity contribution in [2.24, 2.45) is 5.73 Å². The molecule has 1 amide bonds. The van der Waals surface area contributed by atoms with Gasteiger partial charge in [-0.2, -0.15) is 13.2 Å². The van der Waals surface area contributed by atoms with Gasteiger partial charge in [0.15, 0.2) is 0 Å². The second kappa shape index (κ2) is 7.07. The van der Waals surface area contributed by atoms with Crippen molar-refractivity contribution in [1.29, 1.82) is 0 Å². The first-order chi connectivity index (χ1) is 9.71. The number of nitrogens with two attached hydrogens (primary N) is 1. The van der Waals surface area contributed by atoms with Gasteiger partial charge in [0.05, 0.1) is 5.56 Å². The highest BCUT2D eigenvalue weighted by atomic mass is 19.4. The van der Waals surface area contributed by atoms with Crippen LogP contribution in [0.4, 0.5) is 13.2 Å². The fourth-order valence-electron chi connectivity index (χ4n) is 1.78. The summed E-state index contributed by atoms with van der Waals surface area (Å²) in [7, 11) is 0. The largest absolute Gasteiger partial charge is 0.480 e. The molecule has 8 heteroatoms. The van der Waals surface area contributed by atoms with Gasteiger partial charge >= 0.3 is 12.1 Å². The number of aliphatic carboxylic acids is 1. The third-order valence-electron chi connectivity index (χ3n) is 2.84. The number of nitrogens with one attached hydrogen (secondary N) is 1. The van der Waals surface area contributed by atoms with Gasteiger partial charge in [0, 0.05) is 13.0 Å². The lowest BCUT2D eigenvalue weighted by Crippen LogP contribution is -2.37. The predicted octanol–water partition coefficient (Wildman–Crippen LogP) is 1.51. The van der Waals surface area contributed by atoms with Gasteiger partial charge < -0.3 is 16.2 Å². The van der Waals surface area contributed by atoms with Gasteiger partial charge in [-0.25, -0.2) is 0 Å². The lowest BCUT2D eigenvalue weighted by Gasteiger charge is -2.16. The highest BCUT2D eigenvalue weighted by Crippen LogP contribution is 2.31. The fraction of sp³-hybridized carbons (Fsp3) is 0.385. The van der Waals surface area contributed by atoms with Crippen LogP contribution in [0.15, 0.2) is 24.3 Å². The highest BCUT2D eigenvalue weighted by molar-refractivity contribution is 5.77. The van der Waals surface area contributed by atoms with Crippen LogP contribution in [-0.2, 0) is 22.3 Å². The van der Waals surface area contributed by atoms with E-state index in [4.69, 9.17) is 10.8 Å². The Morgan fingerprint density at radius 1 is 1.29 bits per heavy atom. The number of amides is 1. The van der Waals surface area contributed by atoms with Gasteiger partial charge in [-0.1, -0.05) is 18.2 Å². The maximum atomic E-state index is 12.8. The van der Waals surface area contributed by atoms with Gasteiger partial charge in [-0.05, 0) is 18.1 Å². The molecule has 116 valence electrons. The number of carbonyl (C=O) groups excluding carboxylic acids is 1. The van der Waals surface area contributed by atoms with E-state index in [-0.39, 0.29) is 24.9 Å². The van der Waals surface area contributed by atoms with Crippen molar-refractivity contribution in [3.63, 3.8) is 0 Å². The van der Waals surface area contributed by atoms with Crippen LogP contribution in [0.1, 0.15) is 24.0 Å². The van der Waals surface area contributed by atoms with E-state index < -0.39 is 29.7 Å². The van der Waals surface area contributed by atoms with E-state index in [1.54, 1.807) is 0 Å². The number of alkyl halides is 3. The Kier molecular flexibility index (Phi) is 5.71. The molecule has 4 N–H and O–H groups in total. The molecule has 0 aliphatic carbocycles. The fourth-order valence-corrected chi connectivity index (χ4v) is 1.78. The number of primary amides is 1. The Hall–Kier alpha value is -2.09. The van der Waals surface area contributed by atoms with Gasteiger partial charge in [-0.3, -0.25) is 9.59 Å². The van der Waals surface area contributed by atoms with E-state index in [0.29, 0.717) is 0 Å². The first-order valence-electron chi connectivity index (χ1n) is 6.11. The Labute approximate surface area is 118 Å². The van der Waals surface area contributed by atoms with Crippen LogP contribution in [-0.4, -0.2) is 23.0 Å². The number of carbonyl (C=O) groups is 2. The van der Waals surface area contributed by atoms with Crippen LogP contribution in [0.3, 0.4) is 0 Å². The van der Waals surface area contributed by atoms with E-state index >= 15 is 0 Å². The van der Waals surface area contributed by atoms with Crippen LogP contribution in [0.25, 0.3) is 0 Å². The zero-order valence-electron chi connectivity index (χ0n) is 11.0. The number of benzene rings is 1. The Balaban J connectivity index is 2.77. The molecule has 1 aromatic carbocycles. The molecule has 1 atom stereocenters. The lowest BCUT2D eigenvalue weighted by atomic mass is 10.1. The summed E-state index contributed by atoms with van der Waals surface area (Å²) in [4.78, 5) is 21.6. The minimum absolute atomic E-state index is 0.0599. The van der Waals surface area contributed by atoms with Gasteiger partial charge in [0.1, 0.15) is 6.04 Å². The quantitative estimate of drug-likeness (QED) is 0.712. The van der Waals surface area contributed by atoms with Crippen molar-refractivity contribution in [3.8, 4) is 0 Å². The highest BCUT2D eigenvalue weighted by Gasteiger charge is 2.33. The first-order valence-corrected chi connectivity index (χ1v) is 6.11. The monoisotopic (exact) mass is 304 g/mol. The minimum atomic E-state index is -4.51. The molecule has 0 saturated carbocycles. The molecule has 0 unspecified atom stereocenters. The van der Waals surface area contributed by atoms with E-state index in [1.165, 1.54) is 18.2 Å². The summed E-state index contributed by atoms with van der Waals surface area (Å²) in [5.74, 6) is -1.92. The minimum Gasteiger partial charge on any atom is -0.480 e. The third kappa shape index (κ3) is 5.42. The van der Waals surface area contributed by atoms with Crippen LogP contribution in [0, 0.1) is 0 Å². The van der Waals surface area contributed by atoms with Crippen molar-refractivity contribution >= 4 is 11.9 Å². The zero-order valence-corrected chi connectivity index (χ0v) is 11.0. The Morgan fingerprint density at radius 3 is 2.43 bits per heavy atom. The average molecular weight is 304 g/mol. The molecule has 0 radical (unpaired) electrons. The molecule has 0 bridgehead atoms. The summed E-state index contributed by atoms with van der Waals surface area (Å²) in [5, 5.41) is 11.5. The molecule has 0 aliphatic heterocycles. The molecule has 1 rings (SSSR count). The summed E-state index contributed by atoms with van der Waals surface area (Å²) < 4.78 is 38.3. The Morgan fingerprint density at radius 2 is 1.90 bits per heavy atom. The third-order valence-corrected chi connectivity index (χ3v) is 2.84. The van der Waals surface area contributed by atoms with Crippen molar-refractivity contribution < 1.29 is 27.9 Å². The molecule has 21 heavy (non-hydrogen) atoms. The molecule has 5 nitrogen and oxygen atoms in total. The number of hydrogen-bond donors (Lipinski definition) is 3. The summed E-state index contributed by atoms with van der Waals surface area (Å²) >= 11 is 0. The van der Waals surface area contributed by atoms with E-state index in [1.807, 2.05) is 0 Å². The second-order valence-electron chi connectivity index (χ2n) is 4.43. The van der Waals surface area contributed by atoms with E-state index in [0.717, 1.165) is 6.07 Å². The summed E-state index contributed by atoms with van der Waals surface area (Å²) in [6.45, 7) is -0.272. The predicted molar refractivity (Wildman–Crippen MR) is 68.1 cm³/mol. The Bertz CT molecular complexity index is 518. The number of halogens is 3. The molecule has 0 aliphatic rings. The topological polar surface area (TPSA) is 92.4 Å². The normalized spacial score (nSPS) is 12.9. The van der Waals surface area contributed by atoms with Gasteiger partial charge in [0.2, 0.25) is 5.91 Å². The maximum Gasteiger partial charge on any atom is 0.416 e. The zero-order chi connectivity index (χ0) is 16.0. The standard InChI is InChI=1S/C13H15F3N2O3/c14-13(15,16)9-4-2-1-3-8(9)7-18-10(12(20)21)5-6-11(17)19/h1-4,10,18H,5-7H2,(H2,17,19)(H,20,21)/t10-/m0/s1. The maximum absolute atomic E-state index is 12.8.